The van der Waals surface area contributed by atoms with Gasteiger partial charge in [-0.3, -0.25) is 0 Å². The van der Waals surface area contributed by atoms with Gasteiger partial charge in [-0.15, -0.1) is 0 Å². The fraction of sp³-hybridized carbons (Fsp3) is 0.625. The summed E-state index contributed by atoms with van der Waals surface area (Å²) in [4.78, 5) is 0. The maximum Gasteiger partial charge on any atom is 0.0474 e. The van der Waals surface area contributed by atoms with Crippen LogP contribution in [-0.4, -0.2) is 23.8 Å². The molecule has 1 aliphatic carbocycles. The number of aliphatic hydroxyl groups excluding tert-OH is 1. The average molecular weight is 247 g/mol. The Morgan fingerprint density at radius 2 is 2.06 bits per heavy atom. The van der Waals surface area contributed by atoms with Crippen molar-refractivity contribution in [3.63, 3.8) is 0 Å². The van der Waals surface area contributed by atoms with Crippen LogP contribution in [0.1, 0.15) is 38.2 Å². The van der Waals surface area contributed by atoms with Crippen molar-refractivity contribution in [1.29, 1.82) is 0 Å². The molecule has 2 nitrogen and oxygen atoms in total. The van der Waals surface area contributed by atoms with Crippen LogP contribution in [0.15, 0.2) is 30.3 Å². The second kappa shape index (κ2) is 6.91. The predicted molar refractivity (Wildman–Crippen MR) is 75.6 cm³/mol. The number of hydrogen-bond donors (Lipinski definition) is 2. The molecular weight excluding hydrogens is 222 g/mol. The van der Waals surface area contributed by atoms with Crippen molar-refractivity contribution < 1.29 is 5.11 Å². The number of nitrogens with one attached hydrogen (secondary N) is 1. The first-order chi connectivity index (χ1) is 8.83. The zero-order chi connectivity index (χ0) is 12.8. The third-order valence-corrected chi connectivity index (χ3v) is 4.16. The zero-order valence-electron chi connectivity index (χ0n) is 11.3. The Hall–Kier alpha value is -0.860. The second-order valence-corrected chi connectivity index (χ2v) is 5.44. The molecule has 0 spiro atoms. The van der Waals surface area contributed by atoms with E-state index in [-0.39, 0.29) is 0 Å². The largest absolute Gasteiger partial charge is 0.396 e. The molecule has 100 valence electrons. The highest BCUT2D eigenvalue weighted by atomic mass is 16.3. The summed E-state index contributed by atoms with van der Waals surface area (Å²) in [6.45, 7) is 2.57. The number of hydrogen-bond acceptors (Lipinski definition) is 2. The normalized spacial score (nSPS) is 25.2. The Balaban J connectivity index is 1.89. The fourth-order valence-electron chi connectivity index (χ4n) is 3.00. The van der Waals surface area contributed by atoms with E-state index in [9.17, 15) is 5.11 Å². The van der Waals surface area contributed by atoms with Crippen LogP contribution in [0.2, 0.25) is 0 Å². The fourth-order valence-corrected chi connectivity index (χ4v) is 3.00. The van der Waals surface area contributed by atoms with E-state index in [1.165, 1.54) is 24.8 Å². The molecule has 3 atom stereocenters. The van der Waals surface area contributed by atoms with Gasteiger partial charge in [0.25, 0.3) is 0 Å². The van der Waals surface area contributed by atoms with Gasteiger partial charge in [-0.25, -0.2) is 0 Å². The van der Waals surface area contributed by atoms with E-state index in [0.29, 0.717) is 24.6 Å². The zero-order valence-corrected chi connectivity index (χ0v) is 11.3. The van der Waals surface area contributed by atoms with Crippen molar-refractivity contribution >= 4 is 0 Å². The van der Waals surface area contributed by atoms with Gasteiger partial charge in [-0.1, -0.05) is 43.7 Å². The second-order valence-electron chi connectivity index (χ2n) is 5.44. The molecule has 2 rings (SSSR count). The van der Waals surface area contributed by atoms with Crippen LogP contribution >= 0.6 is 0 Å². The molecule has 2 heteroatoms. The van der Waals surface area contributed by atoms with E-state index in [2.05, 4.69) is 42.6 Å². The molecule has 3 unspecified atom stereocenters. The quantitative estimate of drug-likeness (QED) is 0.810. The molecular formula is C16H25NO. The van der Waals surface area contributed by atoms with Crippen molar-refractivity contribution in [3.05, 3.63) is 35.9 Å². The summed E-state index contributed by atoms with van der Waals surface area (Å²) in [5.74, 6) is 0.467. The third-order valence-electron chi connectivity index (χ3n) is 4.16. The molecule has 18 heavy (non-hydrogen) atoms. The standard InChI is InChI=1S/C16H25NO/c1-2-15(11-13-7-4-3-5-8-13)17-16-10-6-9-14(16)12-18/h3-5,7-8,14-18H,2,6,9-12H2,1H3. The van der Waals surface area contributed by atoms with Crippen molar-refractivity contribution in [2.75, 3.05) is 6.61 Å². The van der Waals surface area contributed by atoms with Crippen molar-refractivity contribution in [2.45, 2.75) is 51.1 Å². The van der Waals surface area contributed by atoms with Gasteiger partial charge in [0.05, 0.1) is 0 Å². The van der Waals surface area contributed by atoms with Crippen LogP contribution in [0.25, 0.3) is 0 Å². The van der Waals surface area contributed by atoms with Crippen LogP contribution in [0, 0.1) is 5.92 Å². The number of aliphatic hydroxyl groups is 1. The maximum absolute atomic E-state index is 9.37. The SMILES string of the molecule is CCC(Cc1ccccc1)NC1CCCC1CO. The highest BCUT2D eigenvalue weighted by Crippen LogP contribution is 2.26. The van der Waals surface area contributed by atoms with E-state index in [1.54, 1.807) is 0 Å². The molecule has 0 saturated heterocycles. The minimum Gasteiger partial charge on any atom is -0.396 e. The molecule has 0 aromatic heterocycles. The summed E-state index contributed by atoms with van der Waals surface area (Å²) in [6, 6.07) is 11.7. The molecule has 1 fully saturated rings. The monoisotopic (exact) mass is 247 g/mol. The lowest BCUT2D eigenvalue weighted by atomic mass is 9.99. The Morgan fingerprint density at radius 1 is 1.28 bits per heavy atom. The summed E-state index contributed by atoms with van der Waals surface area (Å²) in [7, 11) is 0. The lowest BCUT2D eigenvalue weighted by Crippen LogP contribution is -2.42. The molecule has 1 aliphatic rings. The van der Waals surface area contributed by atoms with Gasteiger partial charge in [0.15, 0.2) is 0 Å². The predicted octanol–water partition coefficient (Wildman–Crippen LogP) is 2.76. The van der Waals surface area contributed by atoms with E-state index in [4.69, 9.17) is 0 Å². The van der Waals surface area contributed by atoms with Gasteiger partial charge in [0.2, 0.25) is 0 Å². The Kier molecular flexibility index (Phi) is 5.21. The minimum absolute atomic E-state index is 0.333. The van der Waals surface area contributed by atoms with Gasteiger partial charge >= 0.3 is 0 Å². The molecule has 1 aromatic rings. The third kappa shape index (κ3) is 3.56. The molecule has 0 aliphatic heterocycles. The molecule has 0 bridgehead atoms. The first kappa shape index (κ1) is 13.6. The van der Waals surface area contributed by atoms with E-state index in [0.717, 1.165) is 12.8 Å². The molecule has 0 heterocycles. The lowest BCUT2D eigenvalue weighted by Gasteiger charge is -2.25. The molecule has 2 N–H and O–H groups in total. The number of rotatable bonds is 6. The maximum atomic E-state index is 9.37. The molecule has 1 aromatic carbocycles. The first-order valence-electron chi connectivity index (χ1n) is 7.24. The van der Waals surface area contributed by atoms with Crippen LogP contribution in [0.3, 0.4) is 0 Å². The summed E-state index contributed by atoms with van der Waals surface area (Å²) < 4.78 is 0. The summed E-state index contributed by atoms with van der Waals surface area (Å²) in [6.07, 6.45) is 5.88. The van der Waals surface area contributed by atoms with Crippen molar-refractivity contribution in [2.24, 2.45) is 5.92 Å². The van der Waals surface area contributed by atoms with E-state index >= 15 is 0 Å². The summed E-state index contributed by atoms with van der Waals surface area (Å²) in [5, 5.41) is 13.1. The van der Waals surface area contributed by atoms with Gasteiger partial charge in [-0.05, 0) is 37.2 Å². The molecule has 1 saturated carbocycles. The van der Waals surface area contributed by atoms with Gasteiger partial charge in [0.1, 0.15) is 0 Å². The van der Waals surface area contributed by atoms with Crippen LogP contribution in [0.4, 0.5) is 0 Å². The Morgan fingerprint density at radius 3 is 2.72 bits per heavy atom. The number of benzene rings is 1. The Labute approximate surface area is 110 Å². The van der Waals surface area contributed by atoms with Gasteiger partial charge in [-0.2, -0.15) is 0 Å². The van der Waals surface area contributed by atoms with Gasteiger partial charge in [0, 0.05) is 18.7 Å². The van der Waals surface area contributed by atoms with Crippen LogP contribution in [-0.2, 0) is 6.42 Å². The minimum atomic E-state index is 0.333. The lowest BCUT2D eigenvalue weighted by molar-refractivity contribution is 0.198. The molecule has 0 radical (unpaired) electrons. The van der Waals surface area contributed by atoms with E-state index < -0.39 is 0 Å². The Bertz CT molecular complexity index is 338. The molecule has 0 amide bonds. The van der Waals surface area contributed by atoms with Crippen LogP contribution in [0.5, 0.6) is 0 Å². The first-order valence-corrected chi connectivity index (χ1v) is 7.24. The highest BCUT2D eigenvalue weighted by Gasteiger charge is 2.27. The smallest absolute Gasteiger partial charge is 0.0474 e. The highest BCUT2D eigenvalue weighted by molar-refractivity contribution is 5.16. The van der Waals surface area contributed by atoms with Crippen molar-refractivity contribution in [3.8, 4) is 0 Å². The van der Waals surface area contributed by atoms with Crippen molar-refractivity contribution in [1.82, 2.24) is 5.32 Å². The average Bonchev–Trinajstić information content (AvgIpc) is 2.86. The summed E-state index contributed by atoms with van der Waals surface area (Å²) in [5.41, 5.74) is 1.40. The van der Waals surface area contributed by atoms with Gasteiger partial charge < -0.3 is 10.4 Å². The summed E-state index contributed by atoms with van der Waals surface area (Å²) >= 11 is 0. The topological polar surface area (TPSA) is 32.3 Å². The van der Waals surface area contributed by atoms with E-state index in [1.807, 2.05) is 0 Å². The van der Waals surface area contributed by atoms with Crippen LogP contribution < -0.4 is 5.32 Å².